The molecule has 0 saturated carbocycles. The minimum atomic E-state index is -3.25. The van der Waals surface area contributed by atoms with Crippen molar-refractivity contribution in [2.45, 2.75) is 13.8 Å². The van der Waals surface area contributed by atoms with Gasteiger partial charge in [-0.15, -0.1) is 0 Å². The Bertz CT molecular complexity index is 466. The highest BCUT2D eigenvalue weighted by Gasteiger charge is 2.16. The van der Waals surface area contributed by atoms with E-state index in [9.17, 15) is 13.2 Å². The minimum absolute atomic E-state index is 0.326. The van der Waals surface area contributed by atoms with E-state index in [-0.39, 0.29) is 5.78 Å². The number of carbonyl (C=O) groups excluding carboxylic acids is 1. The van der Waals surface area contributed by atoms with Crippen LogP contribution in [-0.4, -0.2) is 26.2 Å². The second-order valence-corrected chi connectivity index (χ2v) is 5.90. The lowest BCUT2D eigenvalue weighted by Gasteiger charge is -2.07. The second-order valence-electron chi connectivity index (χ2n) is 3.76. The minimum Gasteiger partial charge on any atom is -0.293 e. The van der Waals surface area contributed by atoms with Crippen molar-refractivity contribution in [3.05, 3.63) is 34.9 Å². The summed E-state index contributed by atoms with van der Waals surface area (Å²) in [5.74, 6) is -0.744. The van der Waals surface area contributed by atoms with Crippen molar-refractivity contribution < 1.29 is 13.2 Å². The Labute approximate surface area is 90.0 Å². The van der Waals surface area contributed by atoms with E-state index < -0.39 is 15.6 Å². The molecule has 1 aromatic rings. The van der Waals surface area contributed by atoms with Gasteiger partial charge in [0.2, 0.25) is 0 Å². The van der Waals surface area contributed by atoms with E-state index in [2.05, 4.69) is 0 Å². The van der Waals surface area contributed by atoms with Crippen molar-refractivity contribution in [2.24, 2.45) is 0 Å². The Balaban J connectivity index is 3.12. The van der Waals surface area contributed by atoms with Crippen LogP contribution in [0.5, 0.6) is 0 Å². The van der Waals surface area contributed by atoms with E-state index in [1.807, 2.05) is 32.0 Å². The van der Waals surface area contributed by atoms with Crippen molar-refractivity contribution in [3.8, 4) is 0 Å². The second kappa shape index (κ2) is 4.14. The molecule has 0 amide bonds. The number of aryl methyl sites for hydroxylation is 2. The third-order valence-corrected chi connectivity index (χ3v) is 2.94. The van der Waals surface area contributed by atoms with Crippen LogP contribution in [0.4, 0.5) is 0 Å². The summed E-state index contributed by atoms with van der Waals surface area (Å²) in [5, 5.41) is 0. The SMILES string of the molecule is Cc1cccc(C)c1C(=O)CS(C)(=O)=O. The van der Waals surface area contributed by atoms with E-state index in [1.165, 1.54) is 0 Å². The zero-order valence-corrected chi connectivity index (χ0v) is 9.89. The lowest BCUT2D eigenvalue weighted by Crippen LogP contribution is -2.16. The van der Waals surface area contributed by atoms with Gasteiger partial charge in [0.15, 0.2) is 15.6 Å². The van der Waals surface area contributed by atoms with Crippen molar-refractivity contribution in [1.29, 1.82) is 0 Å². The van der Waals surface area contributed by atoms with Crippen molar-refractivity contribution in [1.82, 2.24) is 0 Å². The average molecular weight is 226 g/mol. The third-order valence-electron chi connectivity index (χ3n) is 2.15. The molecule has 0 aliphatic rings. The summed E-state index contributed by atoms with van der Waals surface area (Å²) in [6.07, 6.45) is 1.07. The standard InChI is InChI=1S/C11H14O3S/c1-8-5-4-6-9(2)11(8)10(12)7-15(3,13)14/h4-6H,7H2,1-3H3. The van der Waals surface area contributed by atoms with Gasteiger partial charge in [-0.25, -0.2) is 8.42 Å². The molecule has 0 aromatic heterocycles. The van der Waals surface area contributed by atoms with Crippen molar-refractivity contribution in [2.75, 3.05) is 12.0 Å². The average Bonchev–Trinajstić information content (AvgIpc) is 1.99. The number of ketones is 1. The molecule has 82 valence electrons. The molecule has 3 nitrogen and oxygen atoms in total. The van der Waals surface area contributed by atoms with Gasteiger partial charge in [-0.2, -0.15) is 0 Å². The van der Waals surface area contributed by atoms with Gasteiger partial charge >= 0.3 is 0 Å². The topological polar surface area (TPSA) is 51.2 Å². The molecule has 1 aromatic carbocycles. The van der Waals surface area contributed by atoms with E-state index in [0.717, 1.165) is 17.4 Å². The number of rotatable bonds is 3. The fourth-order valence-corrected chi connectivity index (χ4v) is 2.19. The van der Waals surface area contributed by atoms with Gasteiger partial charge in [0.05, 0.1) is 0 Å². The van der Waals surface area contributed by atoms with Crippen LogP contribution in [0.2, 0.25) is 0 Å². The molecular formula is C11H14O3S. The first-order valence-corrected chi connectivity index (χ1v) is 6.64. The number of hydrogen-bond donors (Lipinski definition) is 0. The number of carbonyl (C=O) groups is 1. The fourth-order valence-electron chi connectivity index (χ4n) is 1.56. The molecule has 0 aliphatic heterocycles. The highest BCUT2D eigenvalue weighted by Crippen LogP contribution is 2.14. The molecule has 0 N–H and O–H groups in total. The molecule has 0 spiro atoms. The lowest BCUT2D eigenvalue weighted by atomic mass is 10.0. The van der Waals surface area contributed by atoms with Gasteiger partial charge < -0.3 is 0 Å². The van der Waals surface area contributed by atoms with Gasteiger partial charge in [0.1, 0.15) is 5.75 Å². The number of sulfone groups is 1. The zero-order valence-electron chi connectivity index (χ0n) is 9.07. The number of benzene rings is 1. The van der Waals surface area contributed by atoms with Crippen LogP contribution < -0.4 is 0 Å². The Morgan fingerprint density at radius 2 is 1.67 bits per heavy atom. The van der Waals surface area contributed by atoms with Gasteiger partial charge in [-0.1, -0.05) is 18.2 Å². The van der Waals surface area contributed by atoms with Crippen LogP contribution in [0.25, 0.3) is 0 Å². The van der Waals surface area contributed by atoms with E-state index in [0.29, 0.717) is 5.56 Å². The largest absolute Gasteiger partial charge is 0.293 e. The van der Waals surface area contributed by atoms with E-state index in [1.54, 1.807) is 0 Å². The van der Waals surface area contributed by atoms with Crippen LogP contribution in [0.1, 0.15) is 21.5 Å². The maximum Gasteiger partial charge on any atom is 0.178 e. The van der Waals surface area contributed by atoms with Gasteiger partial charge in [-0.05, 0) is 25.0 Å². The molecule has 15 heavy (non-hydrogen) atoms. The summed E-state index contributed by atoms with van der Waals surface area (Å²) in [4.78, 5) is 11.7. The third kappa shape index (κ3) is 3.16. The van der Waals surface area contributed by atoms with Gasteiger partial charge in [0.25, 0.3) is 0 Å². The Morgan fingerprint density at radius 1 is 1.20 bits per heavy atom. The first kappa shape index (κ1) is 11.9. The maximum atomic E-state index is 11.7. The molecular weight excluding hydrogens is 212 g/mol. The summed E-state index contributed by atoms with van der Waals surface area (Å²) in [5.41, 5.74) is 2.18. The van der Waals surface area contributed by atoms with Crippen LogP contribution >= 0.6 is 0 Å². The van der Waals surface area contributed by atoms with Crippen LogP contribution in [-0.2, 0) is 9.84 Å². The van der Waals surface area contributed by atoms with E-state index >= 15 is 0 Å². The molecule has 0 heterocycles. The molecule has 0 atom stereocenters. The lowest BCUT2D eigenvalue weighted by molar-refractivity contribution is 0.102. The maximum absolute atomic E-state index is 11.7. The fraction of sp³-hybridized carbons (Fsp3) is 0.364. The summed E-state index contributed by atoms with van der Waals surface area (Å²) < 4.78 is 22.0. The molecule has 0 aliphatic carbocycles. The normalized spacial score (nSPS) is 11.4. The molecule has 0 unspecified atom stereocenters. The quantitative estimate of drug-likeness (QED) is 0.734. The molecule has 0 fully saturated rings. The Morgan fingerprint density at radius 3 is 2.07 bits per heavy atom. The summed E-state index contributed by atoms with van der Waals surface area (Å²) in [7, 11) is -3.25. The summed E-state index contributed by atoms with van der Waals surface area (Å²) in [6.45, 7) is 3.62. The zero-order chi connectivity index (χ0) is 11.6. The molecule has 0 radical (unpaired) electrons. The first-order chi connectivity index (χ1) is 6.81. The molecule has 0 saturated heterocycles. The summed E-state index contributed by atoms with van der Waals surface area (Å²) in [6, 6.07) is 5.47. The van der Waals surface area contributed by atoms with Crippen molar-refractivity contribution in [3.63, 3.8) is 0 Å². The predicted octanol–water partition coefficient (Wildman–Crippen LogP) is 1.53. The highest BCUT2D eigenvalue weighted by atomic mass is 32.2. The van der Waals surface area contributed by atoms with Gasteiger partial charge in [0, 0.05) is 11.8 Å². The van der Waals surface area contributed by atoms with Crippen LogP contribution in [0.3, 0.4) is 0 Å². The van der Waals surface area contributed by atoms with Crippen molar-refractivity contribution >= 4 is 15.6 Å². The van der Waals surface area contributed by atoms with E-state index in [4.69, 9.17) is 0 Å². The Hall–Kier alpha value is -1.16. The highest BCUT2D eigenvalue weighted by molar-refractivity contribution is 7.91. The van der Waals surface area contributed by atoms with Crippen LogP contribution in [0, 0.1) is 13.8 Å². The molecule has 1 rings (SSSR count). The summed E-state index contributed by atoms with van der Waals surface area (Å²) >= 11 is 0. The number of Topliss-reactive ketones (excluding diaryl/α,β-unsaturated/α-hetero) is 1. The van der Waals surface area contributed by atoms with Crippen LogP contribution in [0.15, 0.2) is 18.2 Å². The molecule has 4 heteroatoms. The number of hydrogen-bond acceptors (Lipinski definition) is 3. The first-order valence-electron chi connectivity index (χ1n) is 4.58. The smallest absolute Gasteiger partial charge is 0.178 e. The van der Waals surface area contributed by atoms with Gasteiger partial charge in [-0.3, -0.25) is 4.79 Å². The predicted molar refractivity (Wildman–Crippen MR) is 60.0 cm³/mol. The molecule has 0 bridgehead atoms. The Kier molecular flexibility index (Phi) is 3.29. The monoisotopic (exact) mass is 226 g/mol.